The molecule has 11 nitrogen and oxygen atoms in total. The van der Waals surface area contributed by atoms with Crippen LogP contribution in [0.4, 0.5) is 5.69 Å². The van der Waals surface area contributed by atoms with Crippen molar-refractivity contribution in [1.29, 1.82) is 0 Å². The lowest BCUT2D eigenvalue weighted by Crippen LogP contribution is -2.81. The number of imide groups is 1. The summed E-state index contributed by atoms with van der Waals surface area (Å²) in [5, 5.41) is 0. The van der Waals surface area contributed by atoms with Crippen LogP contribution in [0.5, 0.6) is 0 Å². The molecule has 0 radical (unpaired) electrons. The molecule has 0 N–H and O–H groups in total. The number of ketones is 1. The number of methoxy groups -OCH3 is 4. The first-order valence-electron chi connectivity index (χ1n) is 17.2. The number of piperidine rings is 1. The maximum Gasteiger partial charge on any atom is 0.340 e. The minimum Gasteiger partial charge on any atom is -0.461 e. The number of likely N-dealkylation sites (tertiary alicyclic amines) is 1. The van der Waals surface area contributed by atoms with Crippen molar-refractivity contribution in [1.82, 2.24) is 4.90 Å². The van der Waals surface area contributed by atoms with E-state index in [9.17, 15) is 14.4 Å². The van der Waals surface area contributed by atoms with Crippen molar-refractivity contribution in [3.63, 3.8) is 0 Å². The van der Waals surface area contributed by atoms with Gasteiger partial charge in [-0.3, -0.25) is 19.3 Å². The van der Waals surface area contributed by atoms with E-state index in [0.29, 0.717) is 19.4 Å². The van der Waals surface area contributed by atoms with Gasteiger partial charge in [-0.15, -0.1) is 0 Å². The highest BCUT2D eigenvalue weighted by Crippen LogP contribution is 2.81. The molecule has 12 atom stereocenters. The van der Waals surface area contributed by atoms with E-state index in [0.717, 1.165) is 24.3 Å². The zero-order valence-corrected chi connectivity index (χ0v) is 27.9. The quantitative estimate of drug-likeness (QED) is 0.292. The molecule has 2 spiro atoms. The molecule has 7 aliphatic rings. The average molecular weight is 651 g/mol. The zero-order chi connectivity index (χ0) is 33.0. The Hall–Kier alpha value is -2.70. The maximum atomic E-state index is 15.2. The van der Waals surface area contributed by atoms with Crippen LogP contribution in [-0.4, -0.2) is 107 Å². The first-order chi connectivity index (χ1) is 22.7. The highest BCUT2D eigenvalue weighted by atomic mass is 16.5. The molecule has 7 fully saturated rings. The van der Waals surface area contributed by atoms with E-state index in [4.69, 9.17) is 23.7 Å². The monoisotopic (exact) mass is 650 g/mol. The number of amides is 2. The fourth-order valence-corrected chi connectivity index (χ4v) is 12.9. The van der Waals surface area contributed by atoms with Crippen LogP contribution in [-0.2, 0) is 38.1 Å². The van der Waals surface area contributed by atoms with E-state index in [1.807, 2.05) is 0 Å². The smallest absolute Gasteiger partial charge is 0.340 e. The fourth-order valence-electron chi connectivity index (χ4n) is 12.9. The molecule has 254 valence electrons. The summed E-state index contributed by atoms with van der Waals surface area (Å²) in [6.45, 7) is 3.63. The van der Waals surface area contributed by atoms with Crippen LogP contribution in [0.2, 0.25) is 0 Å². The van der Waals surface area contributed by atoms with Crippen LogP contribution in [0.15, 0.2) is 24.3 Å². The fraction of sp³-hybridized carbons (Fsp3) is 0.722. The van der Waals surface area contributed by atoms with Gasteiger partial charge in [-0.05, 0) is 50.3 Å². The molecule has 5 saturated carbocycles. The Balaban J connectivity index is 1.23. The minimum absolute atomic E-state index is 0.0228. The summed E-state index contributed by atoms with van der Waals surface area (Å²) in [7, 11) is 6.97. The molecular formula is C36H46N2O9. The van der Waals surface area contributed by atoms with E-state index in [1.165, 1.54) is 0 Å². The van der Waals surface area contributed by atoms with E-state index in [2.05, 4.69) is 11.8 Å². The van der Waals surface area contributed by atoms with Crippen molar-refractivity contribution in [3.8, 4) is 0 Å². The molecule has 2 saturated heterocycles. The number of hydrogen-bond donors (Lipinski definition) is 0. The average Bonchev–Trinajstić information content (AvgIpc) is 3.66. The minimum atomic E-state index is -0.698. The predicted molar refractivity (Wildman–Crippen MR) is 167 cm³/mol. The molecule has 1 aromatic rings. The van der Waals surface area contributed by atoms with Crippen LogP contribution < -0.4 is 4.90 Å². The summed E-state index contributed by atoms with van der Waals surface area (Å²) in [6.07, 6.45) is 2.29. The van der Waals surface area contributed by atoms with Gasteiger partial charge < -0.3 is 23.7 Å². The molecule has 0 aromatic heterocycles. The number of carbonyl (C=O) groups excluding carboxylic acids is 4. The first kappa shape index (κ1) is 31.6. The van der Waals surface area contributed by atoms with Gasteiger partial charge in [0.1, 0.15) is 6.10 Å². The van der Waals surface area contributed by atoms with E-state index < -0.39 is 28.3 Å². The summed E-state index contributed by atoms with van der Waals surface area (Å²) >= 11 is 0. The van der Waals surface area contributed by atoms with E-state index in [1.54, 1.807) is 52.7 Å². The van der Waals surface area contributed by atoms with Crippen molar-refractivity contribution in [3.05, 3.63) is 29.8 Å². The number of carbonyl (C=O) groups is 4. The van der Waals surface area contributed by atoms with Gasteiger partial charge in [0.15, 0.2) is 5.78 Å². The molecule has 7 bridgehead atoms. The lowest BCUT2D eigenvalue weighted by atomic mass is 9.39. The van der Waals surface area contributed by atoms with Crippen LogP contribution in [0.25, 0.3) is 0 Å². The van der Waals surface area contributed by atoms with Gasteiger partial charge >= 0.3 is 5.97 Å². The number of ether oxygens (including phenoxy) is 5. The van der Waals surface area contributed by atoms with Crippen molar-refractivity contribution < 1.29 is 42.9 Å². The summed E-state index contributed by atoms with van der Waals surface area (Å²) < 4.78 is 31.5. The molecule has 5 aliphatic carbocycles. The molecule has 11 heteroatoms. The van der Waals surface area contributed by atoms with E-state index >= 15 is 4.79 Å². The van der Waals surface area contributed by atoms with Gasteiger partial charge in [-0.25, -0.2) is 9.69 Å². The van der Waals surface area contributed by atoms with Gasteiger partial charge in [-0.2, -0.15) is 0 Å². The molecule has 47 heavy (non-hydrogen) atoms. The standard InChI is InChI=1S/C36H46N2O9/c1-6-37-17-34(18-47-32(42)19-9-7-8-10-22(19)38-25(39)11-12-26(38)40)14-13-24(44-3)36-21-15-20-23(43-2)16-35(33(36)37,27(21)28(20)45-4)31(41)29(46-5)30(34)36/h7-10,20-21,23-24,27-30,33H,6,11-18H2,1-5H3. The number of benzene rings is 1. The maximum absolute atomic E-state index is 15.2. The highest BCUT2D eigenvalue weighted by Gasteiger charge is 2.89. The number of rotatable bonds is 9. The summed E-state index contributed by atoms with van der Waals surface area (Å²) in [6, 6.07) is 6.57. The Labute approximate surface area is 275 Å². The SMILES string of the molecule is CCN1CC2(COC(=O)c3ccccc3N3C(=O)CCC3=O)CCC(OC)C34C5CC6C(OC)CC(C(=O)C(OC)C23)(C5C6OC)C14. The van der Waals surface area contributed by atoms with Gasteiger partial charge in [0.25, 0.3) is 0 Å². The third-order valence-electron chi connectivity index (χ3n) is 13.9. The molecule has 2 heterocycles. The third-order valence-corrected chi connectivity index (χ3v) is 13.9. The lowest BCUT2D eigenvalue weighted by molar-refractivity contribution is -0.283. The Bertz CT molecular complexity index is 1500. The number of anilines is 1. The Morgan fingerprint density at radius 1 is 0.979 bits per heavy atom. The summed E-state index contributed by atoms with van der Waals surface area (Å²) in [5.74, 6) is -0.979. The number of hydrogen-bond acceptors (Lipinski definition) is 10. The van der Waals surface area contributed by atoms with Gasteiger partial charge in [0.05, 0.1) is 41.6 Å². The Morgan fingerprint density at radius 2 is 1.72 bits per heavy atom. The second kappa shape index (κ2) is 10.9. The van der Waals surface area contributed by atoms with E-state index in [-0.39, 0.29) is 96.3 Å². The molecule has 8 rings (SSSR count). The normalized spacial score (nSPS) is 44.7. The molecule has 2 aliphatic heterocycles. The van der Waals surface area contributed by atoms with Crippen LogP contribution in [0, 0.1) is 39.9 Å². The summed E-state index contributed by atoms with van der Waals surface area (Å²) in [4.78, 5) is 58.0. The van der Waals surface area contributed by atoms with Gasteiger partial charge in [0.2, 0.25) is 11.8 Å². The first-order valence-corrected chi connectivity index (χ1v) is 17.2. The van der Waals surface area contributed by atoms with Crippen LogP contribution in [0.3, 0.4) is 0 Å². The van der Waals surface area contributed by atoms with Crippen molar-refractivity contribution in [2.24, 2.45) is 39.9 Å². The topological polar surface area (TPSA) is 121 Å². The zero-order valence-electron chi connectivity index (χ0n) is 27.9. The predicted octanol–water partition coefficient (Wildman–Crippen LogP) is 2.88. The Morgan fingerprint density at radius 3 is 2.38 bits per heavy atom. The van der Waals surface area contributed by atoms with Crippen LogP contribution >= 0.6 is 0 Å². The number of Topliss-reactive ketones (excluding diaryl/α,β-unsaturated/α-hetero) is 1. The molecule has 2 amide bonds. The van der Waals surface area contributed by atoms with Crippen molar-refractivity contribution >= 4 is 29.3 Å². The van der Waals surface area contributed by atoms with Gasteiger partial charge in [-0.1, -0.05) is 19.1 Å². The highest BCUT2D eigenvalue weighted by molar-refractivity contribution is 6.21. The largest absolute Gasteiger partial charge is 0.461 e. The number of esters is 1. The summed E-state index contributed by atoms with van der Waals surface area (Å²) in [5.41, 5.74) is -1.26. The number of para-hydroxylation sites is 1. The second-order valence-corrected chi connectivity index (χ2v) is 15.1. The third kappa shape index (κ3) is 3.70. The Kier molecular flexibility index (Phi) is 7.32. The number of nitrogens with zero attached hydrogens (tertiary/aromatic N) is 2. The molecule has 12 unspecified atom stereocenters. The van der Waals surface area contributed by atoms with Crippen LogP contribution in [0.1, 0.15) is 55.8 Å². The van der Waals surface area contributed by atoms with Gasteiger partial charge in [0, 0.05) is 82.5 Å². The van der Waals surface area contributed by atoms with Crippen molar-refractivity contribution in [2.75, 3.05) is 53.0 Å². The molecule has 1 aromatic carbocycles. The molecular weight excluding hydrogens is 604 g/mol. The second-order valence-electron chi connectivity index (χ2n) is 15.1. The van der Waals surface area contributed by atoms with Crippen molar-refractivity contribution in [2.45, 2.75) is 75.9 Å². The lowest BCUT2D eigenvalue weighted by Gasteiger charge is -2.72. The number of fused-ring (bicyclic) bond motifs is 1.